The molecule has 0 bridgehead atoms. The van der Waals surface area contributed by atoms with Gasteiger partial charge in [-0.2, -0.15) is 0 Å². The van der Waals surface area contributed by atoms with Crippen molar-refractivity contribution in [3.05, 3.63) is 12.1 Å². The predicted molar refractivity (Wildman–Crippen MR) is 66.0 cm³/mol. The van der Waals surface area contributed by atoms with Crippen LogP contribution in [0.3, 0.4) is 0 Å². The third kappa shape index (κ3) is 4.57. The fourth-order valence-electron chi connectivity index (χ4n) is 0.901. The molecule has 0 atom stereocenters. The molecule has 0 radical (unpaired) electrons. The second-order valence-electron chi connectivity index (χ2n) is 3.95. The Kier molecular flexibility index (Phi) is 4.04. The van der Waals surface area contributed by atoms with Crippen LogP contribution in [0.15, 0.2) is 16.3 Å². The number of carbonyl (C=O) groups is 1. The van der Waals surface area contributed by atoms with E-state index in [9.17, 15) is 4.79 Å². The second kappa shape index (κ2) is 4.90. The molecule has 15 heavy (non-hydrogen) atoms. The largest absolute Gasteiger partial charge is 0.444 e. The molecule has 5 heteroatoms. The molecule has 1 aromatic heterocycles. The van der Waals surface area contributed by atoms with Gasteiger partial charge in [0.05, 0.1) is 9.21 Å². The first-order chi connectivity index (χ1) is 6.90. The number of nitrogens with one attached hydrogen (secondary N) is 1. The summed E-state index contributed by atoms with van der Waals surface area (Å²) in [4.78, 5) is 11.4. The van der Waals surface area contributed by atoms with Crippen LogP contribution in [0.1, 0.15) is 20.8 Å². The van der Waals surface area contributed by atoms with Gasteiger partial charge in [0.15, 0.2) is 0 Å². The minimum Gasteiger partial charge on any atom is -0.444 e. The van der Waals surface area contributed by atoms with Gasteiger partial charge < -0.3 is 4.74 Å². The van der Waals surface area contributed by atoms with Crippen molar-refractivity contribution in [2.45, 2.75) is 30.6 Å². The van der Waals surface area contributed by atoms with Crippen molar-refractivity contribution in [2.24, 2.45) is 0 Å². The third-order valence-electron chi connectivity index (χ3n) is 1.41. The van der Waals surface area contributed by atoms with E-state index >= 15 is 0 Å². The maximum absolute atomic E-state index is 11.4. The lowest BCUT2D eigenvalue weighted by molar-refractivity contribution is 0.0636. The Balaban J connectivity index is 2.51. The van der Waals surface area contributed by atoms with E-state index in [2.05, 4.69) is 5.32 Å². The number of hydrogen-bond acceptors (Lipinski definition) is 4. The van der Waals surface area contributed by atoms with Gasteiger partial charge >= 0.3 is 6.09 Å². The molecule has 0 aliphatic rings. The highest BCUT2D eigenvalue weighted by atomic mass is 32.2. The number of thioether (sulfide) groups is 1. The zero-order chi connectivity index (χ0) is 11.5. The maximum Gasteiger partial charge on any atom is 0.412 e. The maximum atomic E-state index is 11.4. The molecule has 0 spiro atoms. The van der Waals surface area contributed by atoms with E-state index in [0.717, 1.165) is 5.00 Å². The third-order valence-corrected chi connectivity index (χ3v) is 3.49. The molecule has 0 fully saturated rings. The molecule has 84 valence electrons. The highest BCUT2D eigenvalue weighted by Crippen LogP contribution is 2.29. The Morgan fingerprint density at radius 2 is 2.13 bits per heavy atom. The van der Waals surface area contributed by atoms with Gasteiger partial charge in [-0.15, -0.1) is 23.1 Å². The summed E-state index contributed by atoms with van der Waals surface area (Å²) in [6.07, 6.45) is 1.60. The summed E-state index contributed by atoms with van der Waals surface area (Å²) in [6.45, 7) is 5.52. The van der Waals surface area contributed by atoms with Gasteiger partial charge in [-0.05, 0) is 39.2 Å². The van der Waals surface area contributed by atoms with Crippen LogP contribution in [0.2, 0.25) is 0 Å². The van der Waals surface area contributed by atoms with Crippen LogP contribution < -0.4 is 5.32 Å². The van der Waals surface area contributed by atoms with Crippen LogP contribution in [0.4, 0.5) is 9.80 Å². The van der Waals surface area contributed by atoms with E-state index in [0.29, 0.717) is 0 Å². The first kappa shape index (κ1) is 12.4. The summed E-state index contributed by atoms with van der Waals surface area (Å²) in [7, 11) is 0. The second-order valence-corrected chi connectivity index (χ2v) is 6.14. The standard InChI is InChI=1S/C10H15NO2S2/c1-10(2,3)13-9(12)11-7-5-6-8(14-4)15-7/h5-6H,1-4H3,(H,11,12). The minimum atomic E-state index is -0.455. The Bertz CT molecular complexity index is 341. The van der Waals surface area contributed by atoms with Gasteiger partial charge in [-0.1, -0.05) is 0 Å². The smallest absolute Gasteiger partial charge is 0.412 e. The predicted octanol–water partition coefficient (Wildman–Crippen LogP) is 3.82. The molecular formula is C10H15NO2S2. The van der Waals surface area contributed by atoms with Crippen molar-refractivity contribution < 1.29 is 9.53 Å². The number of hydrogen-bond donors (Lipinski definition) is 1. The van der Waals surface area contributed by atoms with E-state index in [4.69, 9.17) is 4.74 Å². The van der Waals surface area contributed by atoms with Crippen LogP contribution in [-0.4, -0.2) is 18.0 Å². The van der Waals surface area contributed by atoms with Crippen molar-refractivity contribution in [2.75, 3.05) is 11.6 Å². The van der Waals surface area contributed by atoms with Crippen LogP contribution in [0.5, 0.6) is 0 Å². The summed E-state index contributed by atoms with van der Waals surface area (Å²) in [5.74, 6) is 0. The molecule has 0 aliphatic carbocycles. The summed E-state index contributed by atoms with van der Waals surface area (Å²) in [5, 5.41) is 3.51. The highest BCUT2D eigenvalue weighted by molar-refractivity contribution is 8.00. The number of thiophene rings is 1. The summed E-state index contributed by atoms with van der Waals surface area (Å²) < 4.78 is 6.30. The average Bonchev–Trinajstić information content (AvgIpc) is 2.48. The fourth-order valence-corrected chi connectivity index (χ4v) is 2.33. The van der Waals surface area contributed by atoms with Gasteiger partial charge in [-0.25, -0.2) is 4.79 Å². The first-order valence-corrected chi connectivity index (χ1v) is 6.58. The topological polar surface area (TPSA) is 38.3 Å². The molecule has 1 aromatic rings. The summed E-state index contributed by atoms with van der Waals surface area (Å²) in [6, 6.07) is 3.85. The monoisotopic (exact) mass is 245 g/mol. The van der Waals surface area contributed by atoms with Crippen molar-refractivity contribution in [3.8, 4) is 0 Å². The number of amides is 1. The molecule has 1 rings (SSSR count). The Labute approximate surface area is 98.2 Å². The molecule has 3 nitrogen and oxygen atoms in total. The van der Waals surface area contributed by atoms with Crippen LogP contribution in [0.25, 0.3) is 0 Å². The van der Waals surface area contributed by atoms with Crippen molar-refractivity contribution in [3.63, 3.8) is 0 Å². The lowest BCUT2D eigenvalue weighted by Gasteiger charge is -2.19. The first-order valence-electron chi connectivity index (χ1n) is 4.54. The van der Waals surface area contributed by atoms with E-state index < -0.39 is 11.7 Å². The molecule has 0 aromatic carbocycles. The summed E-state index contributed by atoms with van der Waals surface area (Å²) >= 11 is 3.19. The highest BCUT2D eigenvalue weighted by Gasteiger charge is 2.16. The van der Waals surface area contributed by atoms with E-state index in [1.54, 1.807) is 11.8 Å². The number of anilines is 1. The summed E-state index contributed by atoms with van der Waals surface area (Å²) in [5.41, 5.74) is -0.455. The van der Waals surface area contributed by atoms with Gasteiger partial charge in [-0.3, -0.25) is 5.32 Å². The Morgan fingerprint density at radius 1 is 1.47 bits per heavy atom. The lowest BCUT2D eigenvalue weighted by Crippen LogP contribution is -2.26. The van der Waals surface area contributed by atoms with Gasteiger partial charge in [0.2, 0.25) is 0 Å². The normalized spacial score (nSPS) is 11.2. The Morgan fingerprint density at radius 3 is 2.60 bits per heavy atom. The quantitative estimate of drug-likeness (QED) is 0.805. The van der Waals surface area contributed by atoms with Crippen LogP contribution in [-0.2, 0) is 4.74 Å². The lowest BCUT2D eigenvalue weighted by atomic mass is 10.2. The molecule has 1 heterocycles. The van der Waals surface area contributed by atoms with Crippen LogP contribution in [0, 0.1) is 0 Å². The van der Waals surface area contributed by atoms with Crippen molar-refractivity contribution >= 4 is 34.2 Å². The number of ether oxygens (including phenoxy) is 1. The zero-order valence-electron chi connectivity index (χ0n) is 9.29. The number of rotatable bonds is 2. The SMILES string of the molecule is CSc1ccc(NC(=O)OC(C)(C)C)s1. The van der Waals surface area contributed by atoms with E-state index in [-0.39, 0.29) is 0 Å². The molecule has 0 saturated heterocycles. The average molecular weight is 245 g/mol. The Hall–Kier alpha value is -0.680. The van der Waals surface area contributed by atoms with Gasteiger partial charge in [0.1, 0.15) is 5.60 Å². The van der Waals surface area contributed by atoms with Gasteiger partial charge in [0.25, 0.3) is 0 Å². The molecule has 1 amide bonds. The van der Waals surface area contributed by atoms with Gasteiger partial charge in [0, 0.05) is 0 Å². The van der Waals surface area contributed by atoms with Crippen molar-refractivity contribution in [1.29, 1.82) is 0 Å². The molecule has 0 saturated carbocycles. The molecule has 0 unspecified atom stereocenters. The van der Waals surface area contributed by atoms with Crippen molar-refractivity contribution in [1.82, 2.24) is 0 Å². The zero-order valence-corrected chi connectivity index (χ0v) is 10.9. The molecule has 1 N–H and O–H groups in total. The van der Waals surface area contributed by atoms with E-state index in [1.165, 1.54) is 15.5 Å². The fraction of sp³-hybridized carbons (Fsp3) is 0.500. The number of carbonyl (C=O) groups excluding carboxylic acids is 1. The molecular weight excluding hydrogens is 230 g/mol. The van der Waals surface area contributed by atoms with Crippen LogP contribution >= 0.6 is 23.1 Å². The minimum absolute atomic E-state index is 0.406. The van der Waals surface area contributed by atoms with E-state index in [1.807, 2.05) is 39.2 Å². The molecule has 0 aliphatic heterocycles.